The lowest BCUT2D eigenvalue weighted by Gasteiger charge is -2.12. The van der Waals surface area contributed by atoms with Gasteiger partial charge in [0.2, 0.25) is 10.0 Å². The molecule has 0 saturated carbocycles. The summed E-state index contributed by atoms with van der Waals surface area (Å²) in [4.78, 5) is 1.22. The molecule has 0 aliphatic heterocycles. The number of hydrogen-bond acceptors (Lipinski definition) is 4. The highest BCUT2D eigenvalue weighted by Crippen LogP contribution is 2.30. The molecule has 2 aromatic carbocycles. The summed E-state index contributed by atoms with van der Waals surface area (Å²) in [6.07, 6.45) is 0. The fraction of sp³-hybridized carbons (Fsp3) is 0.111. The van der Waals surface area contributed by atoms with Crippen molar-refractivity contribution in [3.05, 3.63) is 64.9 Å². The Morgan fingerprint density at radius 2 is 1.79 bits per heavy atom. The molecule has 2 aromatic heterocycles. The van der Waals surface area contributed by atoms with Crippen molar-refractivity contribution in [1.82, 2.24) is 4.72 Å². The van der Waals surface area contributed by atoms with Crippen LogP contribution >= 0.6 is 11.3 Å². The van der Waals surface area contributed by atoms with Crippen LogP contribution < -0.4 is 4.72 Å². The average molecular weight is 357 g/mol. The minimum Gasteiger partial charge on any atom is -0.456 e. The summed E-state index contributed by atoms with van der Waals surface area (Å²) < 4.78 is 33.9. The molecule has 1 atom stereocenters. The van der Waals surface area contributed by atoms with Crippen LogP contribution in [0, 0.1) is 0 Å². The molecule has 0 saturated heterocycles. The number of thiophene rings is 1. The van der Waals surface area contributed by atoms with E-state index in [1.807, 2.05) is 48.7 Å². The van der Waals surface area contributed by atoms with Gasteiger partial charge in [0.05, 0.1) is 10.9 Å². The van der Waals surface area contributed by atoms with Gasteiger partial charge in [-0.2, -0.15) is 0 Å². The Kier molecular flexibility index (Phi) is 3.68. The molecule has 0 spiro atoms. The maximum absolute atomic E-state index is 12.7. The van der Waals surface area contributed by atoms with Crippen LogP contribution in [0.5, 0.6) is 0 Å². The topological polar surface area (TPSA) is 59.3 Å². The lowest BCUT2D eigenvalue weighted by Crippen LogP contribution is -2.26. The molecular formula is C18H15NO3S2. The van der Waals surface area contributed by atoms with Gasteiger partial charge in [0, 0.05) is 15.6 Å². The zero-order chi connectivity index (χ0) is 16.7. The van der Waals surface area contributed by atoms with Gasteiger partial charge in [0.1, 0.15) is 11.2 Å². The minimum absolute atomic E-state index is 0.241. The third-order valence-electron chi connectivity index (χ3n) is 3.96. The Morgan fingerprint density at radius 3 is 2.58 bits per heavy atom. The van der Waals surface area contributed by atoms with Gasteiger partial charge in [0.15, 0.2) is 0 Å². The molecule has 24 heavy (non-hydrogen) atoms. The summed E-state index contributed by atoms with van der Waals surface area (Å²) >= 11 is 1.53. The van der Waals surface area contributed by atoms with Crippen LogP contribution in [-0.2, 0) is 10.0 Å². The maximum Gasteiger partial charge on any atom is 0.241 e. The SMILES string of the molecule is C[C@H](NS(=O)(=O)c1ccc2oc3ccccc3c2c1)c1cccs1. The van der Waals surface area contributed by atoms with Crippen molar-refractivity contribution in [3.63, 3.8) is 0 Å². The first-order valence-electron chi connectivity index (χ1n) is 7.52. The summed E-state index contributed by atoms with van der Waals surface area (Å²) in [5.74, 6) is 0. The molecule has 0 fully saturated rings. The highest BCUT2D eigenvalue weighted by molar-refractivity contribution is 7.89. The Morgan fingerprint density at radius 1 is 1.00 bits per heavy atom. The van der Waals surface area contributed by atoms with Gasteiger partial charge in [-0.15, -0.1) is 11.3 Å². The van der Waals surface area contributed by atoms with Crippen LogP contribution in [0.4, 0.5) is 0 Å². The third-order valence-corrected chi connectivity index (χ3v) is 6.55. The Balaban J connectivity index is 1.76. The fourth-order valence-corrected chi connectivity index (χ4v) is 4.83. The summed E-state index contributed by atoms with van der Waals surface area (Å²) in [6.45, 7) is 1.84. The number of nitrogens with one attached hydrogen (secondary N) is 1. The number of para-hydroxylation sites is 1. The smallest absolute Gasteiger partial charge is 0.241 e. The third kappa shape index (κ3) is 2.62. The van der Waals surface area contributed by atoms with Crippen molar-refractivity contribution < 1.29 is 12.8 Å². The molecule has 0 amide bonds. The standard InChI is InChI=1S/C18H15NO3S2/c1-12(18-7-4-10-23-18)19-24(20,21)13-8-9-17-15(11-13)14-5-2-3-6-16(14)22-17/h2-12,19H,1H3/t12-/m0/s1. The Bertz CT molecular complexity index is 1110. The number of sulfonamides is 1. The van der Waals surface area contributed by atoms with Gasteiger partial charge < -0.3 is 4.42 Å². The second-order valence-electron chi connectivity index (χ2n) is 5.61. The molecule has 2 heterocycles. The van der Waals surface area contributed by atoms with E-state index in [0.29, 0.717) is 5.58 Å². The lowest BCUT2D eigenvalue weighted by atomic mass is 10.1. The van der Waals surface area contributed by atoms with E-state index in [9.17, 15) is 8.42 Å². The summed E-state index contributed by atoms with van der Waals surface area (Å²) in [6, 6.07) is 16.1. The summed E-state index contributed by atoms with van der Waals surface area (Å²) in [7, 11) is -3.61. The largest absolute Gasteiger partial charge is 0.456 e. The van der Waals surface area contributed by atoms with Gasteiger partial charge in [0.25, 0.3) is 0 Å². The number of furan rings is 1. The normalized spacial score (nSPS) is 13.5. The van der Waals surface area contributed by atoms with E-state index in [4.69, 9.17) is 4.42 Å². The van der Waals surface area contributed by atoms with Gasteiger partial charge in [-0.1, -0.05) is 24.3 Å². The molecular weight excluding hydrogens is 342 g/mol. The van der Waals surface area contributed by atoms with E-state index in [-0.39, 0.29) is 10.9 Å². The molecule has 122 valence electrons. The van der Waals surface area contributed by atoms with Crippen LogP contribution in [0.15, 0.2) is 69.3 Å². The molecule has 0 radical (unpaired) electrons. The first-order valence-corrected chi connectivity index (χ1v) is 9.88. The monoisotopic (exact) mass is 357 g/mol. The number of rotatable bonds is 4. The maximum atomic E-state index is 12.7. The number of hydrogen-bond donors (Lipinski definition) is 1. The molecule has 0 aliphatic rings. The van der Waals surface area contributed by atoms with E-state index in [1.165, 1.54) is 11.3 Å². The first kappa shape index (κ1) is 15.4. The van der Waals surface area contributed by atoms with Gasteiger partial charge in [-0.05, 0) is 42.6 Å². The quantitative estimate of drug-likeness (QED) is 0.576. The van der Waals surface area contributed by atoms with Crippen LogP contribution in [0.3, 0.4) is 0 Å². The van der Waals surface area contributed by atoms with Gasteiger partial charge >= 0.3 is 0 Å². The molecule has 4 aromatic rings. The Hall–Kier alpha value is -2.15. The van der Waals surface area contributed by atoms with Crippen LogP contribution in [0.2, 0.25) is 0 Å². The molecule has 0 bridgehead atoms. The summed E-state index contributed by atoms with van der Waals surface area (Å²) in [5.41, 5.74) is 1.43. The van der Waals surface area contributed by atoms with E-state index >= 15 is 0 Å². The van der Waals surface area contributed by atoms with E-state index < -0.39 is 10.0 Å². The van der Waals surface area contributed by atoms with E-state index in [1.54, 1.807) is 18.2 Å². The predicted octanol–water partition coefficient (Wildman–Crippen LogP) is 4.69. The first-order chi connectivity index (χ1) is 11.5. The van der Waals surface area contributed by atoms with Crippen molar-refractivity contribution in [2.75, 3.05) is 0 Å². The van der Waals surface area contributed by atoms with Crippen molar-refractivity contribution in [2.45, 2.75) is 17.9 Å². The van der Waals surface area contributed by atoms with Crippen molar-refractivity contribution in [3.8, 4) is 0 Å². The second-order valence-corrected chi connectivity index (χ2v) is 8.31. The summed E-state index contributed by atoms with van der Waals surface area (Å²) in [5, 5.41) is 3.65. The van der Waals surface area contributed by atoms with Crippen LogP contribution in [0.25, 0.3) is 21.9 Å². The van der Waals surface area contributed by atoms with Crippen molar-refractivity contribution in [1.29, 1.82) is 0 Å². The van der Waals surface area contributed by atoms with Gasteiger partial charge in [-0.25, -0.2) is 13.1 Å². The molecule has 6 heteroatoms. The van der Waals surface area contributed by atoms with Gasteiger partial charge in [-0.3, -0.25) is 0 Å². The number of fused-ring (bicyclic) bond motifs is 3. The molecule has 4 rings (SSSR count). The highest BCUT2D eigenvalue weighted by atomic mass is 32.2. The zero-order valence-electron chi connectivity index (χ0n) is 12.9. The predicted molar refractivity (Wildman–Crippen MR) is 96.8 cm³/mol. The Labute approximate surface area is 143 Å². The van der Waals surface area contributed by atoms with Crippen LogP contribution in [-0.4, -0.2) is 8.42 Å². The number of benzene rings is 2. The zero-order valence-corrected chi connectivity index (χ0v) is 14.5. The van der Waals surface area contributed by atoms with E-state index in [0.717, 1.165) is 21.2 Å². The minimum atomic E-state index is -3.61. The van der Waals surface area contributed by atoms with E-state index in [2.05, 4.69) is 4.72 Å². The molecule has 0 unspecified atom stereocenters. The second kappa shape index (κ2) is 5.73. The highest BCUT2D eigenvalue weighted by Gasteiger charge is 2.20. The molecule has 0 aliphatic carbocycles. The van der Waals surface area contributed by atoms with Crippen molar-refractivity contribution >= 4 is 43.3 Å². The van der Waals surface area contributed by atoms with Crippen LogP contribution in [0.1, 0.15) is 17.8 Å². The van der Waals surface area contributed by atoms with Crippen molar-refractivity contribution in [2.24, 2.45) is 0 Å². The molecule has 1 N–H and O–H groups in total. The fourth-order valence-electron chi connectivity index (χ4n) is 2.77. The average Bonchev–Trinajstić information content (AvgIpc) is 3.21. The molecule has 4 nitrogen and oxygen atoms in total. The lowest BCUT2D eigenvalue weighted by molar-refractivity contribution is 0.568.